The monoisotopic (exact) mass is 487 g/mol. The van der Waals surface area contributed by atoms with Crippen LogP contribution in [-0.4, -0.2) is 60.0 Å². The topological polar surface area (TPSA) is 98.7 Å². The van der Waals surface area contributed by atoms with E-state index >= 15 is 0 Å². The van der Waals surface area contributed by atoms with Gasteiger partial charge in [0.25, 0.3) is 0 Å². The first-order chi connectivity index (χ1) is 16.0. The molecule has 0 aliphatic carbocycles. The number of likely N-dealkylation sites (N-methyl/N-ethyl adjacent to an activating group) is 2. The third kappa shape index (κ3) is 7.40. The van der Waals surface area contributed by atoms with E-state index in [2.05, 4.69) is 10.6 Å². The van der Waals surface area contributed by atoms with Crippen molar-refractivity contribution in [1.29, 1.82) is 0 Å². The van der Waals surface area contributed by atoms with Gasteiger partial charge in [-0.25, -0.2) is 4.79 Å². The van der Waals surface area contributed by atoms with Crippen molar-refractivity contribution in [2.24, 2.45) is 11.3 Å². The molecule has 1 aromatic rings. The third-order valence-electron chi connectivity index (χ3n) is 6.75. The lowest BCUT2D eigenvalue weighted by Gasteiger charge is -2.40. The molecule has 0 bridgehead atoms. The van der Waals surface area contributed by atoms with E-state index in [1.165, 1.54) is 6.92 Å². The molecule has 0 heterocycles. The van der Waals surface area contributed by atoms with Gasteiger partial charge in [-0.1, -0.05) is 78.8 Å². The molecule has 0 saturated carbocycles. The molecule has 3 N–H and O–H groups in total. The molecule has 35 heavy (non-hydrogen) atoms. The molecule has 0 fully saturated rings. The number of carboxylic acid groups (broad SMARTS) is 1. The fourth-order valence-electron chi connectivity index (χ4n) is 4.57. The molecule has 0 aliphatic heterocycles. The minimum absolute atomic E-state index is 0.0142. The van der Waals surface area contributed by atoms with Gasteiger partial charge in [0.15, 0.2) is 0 Å². The summed E-state index contributed by atoms with van der Waals surface area (Å²) in [7, 11) is 3.41. The van der Waals surface area contributed by atoms with Gasteiger partial charge in [-0.3, -0.25) is 9.59 Å². The predicted octanol–water partition coefficient (Wildman–Crippen LogP) is 3.91. The maximum absolute atomic E-state index is 13.7. The molecule has 0 spiro atoms. The minimum atomic E-state index is -1.02. The van der Waals surface area contributed by atoms with E-state index in [4.69, 9.17) is 0 Å². The van der Waals surface area contributed by atoms with Crippen LogP contribution in [0.15, 0.2) is 35.9 Å². The molecule has 3 atom stereocenters. The van der Waals surface area contributed by atoms with Gasteiger partial charge in [-0.2, -0.15) is 0 Å². The molecular formula is C28H45N3O4. The maximum Gasteiger partial charge on any atom is 0.331 e. The van der Waals surface area contributed by atoms with Crippen LogP contribution in [-0.2, 0) is 19.8 Å². The number of benzene rings is 1. The van der Waals surface area contributed by atoms with Crippen LogP contribution in [0.25, 0.3) is 0 Å². The van der Waals surface area contributed by atoms with Crippen molar-refractivity contribution in [1.82, 2.24) is 15.5 Å². The molecule has 0 radical (unpaired) electrons. The Morgan fingerprint density at radius 3 is 2.00 bits per heavy atom. The van der Waals surface area contributed by atoms with Gasteiger partial charge in [-0.15, -0.1) is 0 Å². The van der Waals surface area contributed by atoms with Crippen LogP contribution in [0.3, 0.4) is 0 Å². The third-order valence-corrected chi connectivity index (χ3v) is 6.75. The quantitative estimate of drug-likeness (QED) is 0.435. The second kappa shape index (κ2) is 11.8. The number of rotatable bonds is 10. The van der Waals surface area contributed by atoms with Crippen LogP contribution in [0.5, 0.6) is 0 Å². The van der Waals surface area contributed by atoms with E-state index < -0.39 is 34.9 Å². The van der Waals surface area contributed by atoms with E-state index in [9.17, 15) is 19.5 Å². The molecule has 0 aromatic heterocycles. The average molecular weight is 488 g/mol. The van der Waals surface area contributed by atoms with Crippen LogP contribution in [0.2, 0.25) is 0 Å². The first kappa shape index (κ1) is 30.4. The molecule has 0 unspecified atom stereocenters. The van der Waals surface area contributed by atoms with Crippen LogP contribution in [0.1, 0.15) is 66.5 Å². The Bertz CT molecular complexity index is 944. The van der Waals surface area contributed by atoms with Gasteiger partial charge < -0.3 is 20.6 Å². The van der Waals surface area contributed by atoms with Crippen molar-refractivity contribution < 1.29 is 19.5 Å². The van der Waals surface area contributed by atoms with Crippen LogP contribution in [0, 0.1) is 18.3 Å². The molecular weight excluding hydrogens is 442 g/mol. The van der Waals surface area contributed by atoms with Crippen molar-refractivity contribution in [3.05, 3.63) is 47.0 Å². The van der Waals surface area contributed by atoms with Gasteiger partial charge in [-0.05, 0) is 43.4 Å². The largest absolute Gasteiger partial charge is 0.478 e. The summed E-state index contributed by atoms with van der Waals surface area (Å²) in [5, 5.41) is 15.5. The summed E-state index contributed by atoms with van der Waals surface area (Å²) in [5.74, 6) is -1.56. The number of carbonyl (C=O) groups is 3. The number of aliphatic carboxylic acids is 1. The van der Waals surface area contributed by atoms with Gasteiger partial charge in [0.2, 0.25) is 11.8 Å². The molecule has 2 amide bonds. The summed E-state index contributed by atoms with van der Waals surface area (Å²) < 4.78 is 0. The molecule has 0 aliphatic rings. The van der Waals surface area contributed by atoms with Crippen molar-refractivity contribution in [3.63, 3.8) is 0 Å². The molecule has 7 nitrogen and oxygen atoms in total. The van der Waals surface area contributed by atoms with Crippen LogP contribution in [0.4, 0.5) is 0 Å². The van der Waals surface area contributed by atoms with Crippen LogP contribution >= 0.6 is 0 Å². The smallest absolute Gasteiger partial charge is 0.331 e. The van der Waals surface area contributed by atoms with Gasteiger partial charge >= 0.3 is 5.97 Å². The Morgan fingerprint density at radius 1 is 1.03 bits per heavy atom. The number of hydrogen-bond acceptors (Lipinski definition) is 4. The lowest BCUT2D eigenvalue weighted by molar-refractivity contribution is -0.141. The first-order valence-electron chi connectivity index (χ1n) is 12.2. The van der Waals surface area contributed by atoms with E-state index in [1.807, 2.05) is 79.7 Å². The van der Waals surface area contributed by atoms with Gasteiger partial charge in [0.1, 0.15) is 6.04 Å². The standard InChI is InChI=1S/C28H45N3O4/c1-17(2)21(16-19(4)26(34)35)31(11)25(33)23(27(5,6)7)30-24(32)22(29-10)28(8,9)20-15-13-12-14-18(20)3/h12-17,21-23,29H,1-11H3,(H,30,32)(H,34,35)/b19-16+/t21-,22+,23-/m1/s1. The number of hydrogen-bond donors (Lipinski definition) is 3. The van der Waals surface area contributed by atoms with Gasteiger partial charge in [0.05, 0.1) is 12.1 Å². The summed E-state index contributed by atoms with van der Waals surface area (Å²) in [6.07, 6.45) is 1.60. The summed E-state index contributed by atoms with van der Waals surface area (Å²) in [5.41, 5.74) is 1.21. The van der Waals surface area contributed by atoms with E-state index in [0.717, 1.165) is 11.1 Å². The molecule has 7 heteroatoms. The first-order valence-corrected chi connectivity index (χ1v) is 12.2. The number of nitrogens with one attached hydrogen (secondary N) is 2. The van der Waals surface area contributed by atoms with Crippen molar-refractivity contribution in [3.8, 4) is 0 Å². The average Bonchev–Trinajstić information content (AvgIpc) is 2.73. The van der Waals surface area contributed by atoms with Crippen molar-refractivity contribution in [2.45, 2.75) is 85.9 Å². The van der Waals surface area contributed by atoms with E-state index in [1.54, 1.807) is 25.1 Å². The second-order valence-corrected chi connectivity index (χ2v) is 11.4. The van der Waals surface area contributed by atoms with E-state index in [-0.39, 0.29) is 23.3 Å². The highest BCUT2D eigenvalue weighted by molar-refractivity contribution is 5.91. The Balaban J connectivity index is 3.34. The highest BCUT2D eigenvalue weighted by Crippen LogP contribution is 2.31. The number of aryl methyl sites for hydroxylation is 1. The predicted molar refractivity (Wildman–Crippen MR) is 141 cm³/mol. The number of amides is 2. The Labute approximate surface area is 211 Å². The van der Waals surface area contributed by atoms with E-state index in [0.29, 0.717) is 0 Å². The zero-order chi connectivity index (χ0) is 27.3. The summed E-state index contributed by atoms with van der Waals surface area (Å²) in [6, 6.07) is 6.17. The fourth-order valence-corrected chi connectivity index (χ4v) is 4.57. The molecule has 196 valence electrons. The fraction of sp³-hybridized carbons (Fsp3) is 0.607. The molecule has 1 rings (SSSR count). The molecule has 1 aromatic carbocycles. The van der Waals surface area contributed by atoms with Crippen LogP contribution < -0.4 is 10.6 Å². The lowest BCUT2D eigenvalue weighted by atomic mass is 9.75. The van der Waals surface area contributed by atoms with Gasteiger partial charge in [0, 0.05) is 18.0 Å². The van der Waals surface area contributed by atoms with Crippen molar-refractivity contribution >= 4 is 17.8 Å². The Kier molecular flexibility index (Phi) is 10.3. The van der Waals surface area contributed by atoms with Crippen molar-refractivity contribution in [2.75, 3.05) is 14.1 Å². The lowest BCUT2D eigenvalue weighted by Crippen LogP contribution is -2.61. The Hall–Kier alpha value is -2.67. The second-order valence-electron chi connectivity index (χ2n) is 11.4. The Morgan fingerprint density at radius 2 is 1.57 bits per heavy atom. The zero-order valence-corrected chi connectivity index (χ0v) is 23.3. The number of nitrogens with zero attached hydrogens (tertiary/aromatic N) is 1. The highest BCUT2D eigenvalue weighted by atomic mass is 16.4. The number of carboxylic acids is 1. The minimum Gasteiger partial charge on any atom is -0.478 e. The number of carbonyl (C=O) groups excluding carboxylic acids is 2. The summed E-state index contributed by atoms with van der Waals surface area (Å²) in [4.78, 5) is 40.3. The molecule has 0 saturated heterocycles. The SMILES string of the molecule is CN[C@@H](C(=O)N[C@H](C(=O)N(C)[C@H](/C=C(\C)C(=O)O)C(C)C)C(C)(C)C)C(C)(C)c1ccccc1C. The summed E-state index contributed by atoms with van der Waals surface area (Å²) >= 11 is 0. The zero-order valence-electron chi connectivity index (χ0n) is 23.3. The highest BCUT2D eigenvalue weighted by Gasteiger charge is 2.42. The summed E-state index contributed by atoms with van der Waals surface area (Å²) in [6.45, 7) is 17.2. The maximum atomic E-state index is 13.7. The normalized spacial score (nSPS) is 15.4.